The summed E-state index contributed by atoms with van der Waals surface area (Å²) in [6, 6.07) is 2.42. The lowest BCUT2D eigenvalue weighted by molar-refractivity contribution is 0.110. The largest absolute Gasteiger partial charge is 0.377 e. The third kappa shape index (κ3) is 2.90. The van der Waals surface area contributed by atoms with Gasteiger partial charge >= 0.3 is 0 Å². The molecule has 0 saturated carbocycles. The lowest BCUT2D eigenvalue weighted by Gasteiger charge is -2.09. The van der Waals surface area contributed by atoms with Gasteiger partial charge in [0.25, 0.3) is 0 Å². The number of nitrogens with one attached hydrogen (secondary N) is 1. The van der Waals surface area contributed by atoms with Crippen molar-refractivity contribution in [3.63, 3.8) is 0 Å². The van der Waals surface area contributed by atoms with Gasteiger partial charge in [-0.25, -0.2) is 0 Å². The van der Waals surface area contributed by atoms with Crippen molar-refractivity contribution in [2.24, 2.45) is 0 Å². The first kappa shape index (κ1) is 11.7. The average Bonchev–Trinajstić information content (AvgIpc) is 2.96. The molecule has 0 bridgehead atoms. The minimum absolute atomic E-state index is 0.463. The van der Waals surface area contributed by atoms with E-state index in [1.165, 1.54) is 43.4 Å². The second kappa shape index (κ2) is 5.51. The number of aryl methyl sites for hydroxylation is 2. The topological polar surface area (TPSA) is 21.3 Å². The molecule has 3 heteroatoms. The Bertz CT molecular complexity index is 345. The molecule has 1 N–H and O–H groups in total. The highest BCUT2D eigenvalue weighted by Crippen LogP contribution is 2.29. The third-order valence-electron chi connectivity index (χ3n) is 3.74. The van der Waals surface area contributed by atoms with Crippen molar-refractivity contribution in [3.8, 4) is 0 Å². The van der Waals surface area contributed by atoms with Crippen LogP contribution in [-0.2, 0) is 24.1 Å². The lowest BCUT2D eigenvalue weighted by Crippen LogP contribution is -2.25. The molecule has 0 amide bonds. The fourth-order valence-corrected chi connectivity index (χ4v) is 4.03. The van der Waals surface area contributed by atoms with Crippen molar-refractivity contribution >= 4 is 11.3 Å². The molecule has 0 radical (unpaired) electrons. The van der Waals surface area contributed by atoms with E-state index in [0.29, 0.717) is 6.10 Å². The zero-order valence-electron chi connectivity index (χ0n) is 10.3. The Kier molecular flexibility index (Phi) is 3.79. The van der Waals surface area contributed by atoms with E-state index >= 15 is 0 Å². The van der Waals surface area contributed by atoms with Gasteiger partial charge in [0.2, 0.25) is 0 Å². The molecule has 1 atom stereocenters. The van der Waals surface area contributed by atoms with E-state index in [9.17, 15) is 0 Å². The van der Waals surface area contributed by atoms with Crippen molar-refractivity contribution in [2.75, 3.05) is 13.2 Å². The number of thiophene rings is 1. The summed E-state index contributed by atoms with van der Waals surface area (Å²) in [6.45, 7) is 3.00. The van der Waals surface area contributed by atoms with Crippen molar-refractivity contribution < 1.29 is 4.74 Å². The summed E-state index contributed by atoms with van der Waals surface area (Å²) in [6.07, 6.45) is 8.31. The van der Waals surface area contributed by atoms with Gasteiger partial charge in [0, 0.05) is 29.5 Å². The molecule has 1 fully saturated rings. The average molecular weight is 251 g/mol. The van der Waals surface area contributed by atoms with Gasteiger partial charge in [-0.2, -0.15) is 0 Å². The molecule has 0 spiro atoms. The minimum Gasteiger partial charge on any atom is -0.377 e. The predicted octanol–water partition coefficient (Wildman–Crippen LogP) is 2.90. The number of fused-ring (bicyclic) bond motifs is 1. The van der Waals surface area contributed by atoms with Gasteiger partial charge in [0.1, 0.15) is 0 Å². The molecule has 2 aliphatic rings. The second-order valence-corrected chi connectivity index (χ2v) is 6.36. The van der Waals surface area contributed by atoms with Crippen LogP contribution in [0.15, 0.2) is 6.07 Å². The molecule has 1 aromatic rings. The van der Waals surface area contributed by atoms with Gasteiger partial charge in [-0.05, 0) is 50.2 Å². The summed E-state index contributed by atoms with van der Waals surface area (Å²) >= 11 is 2.01. The maximum absolute atomic E-state index is 5.61. The van der Waals surface area contributed by atoms with Crippen LogP contribution in [0, 0.1) is 0 Å². The fraction of sp³-hybridized carbons (Fsp3) is 0.714. The highest BCUT2D eigenvalue weighted by atomic mass is 32.1. The van der Waals surface area contributed by atoms with E-state index < -0.39 is 0 Å². The summed E-state index contributed by atoms with van der Waals surface area (Å²) in [7, 11) is 0. The van der Waals surface area contributed by atoms with Crippen molar-refractivity contribution in [1.82, 2.24) is 5.32 Å². The normalized spacial score (nSPS) is 23.9. The smallest absolute Gasteiger partial charge is 0.0700 e. The molecule has 0 aromatic carbocycles. The summed E-state index contributed by atoms with van der Waals surface area (Å²) < 4.78 is 5.61. The zero-order valence-corrected chi connectivity index (χ0v) is 11.2. The Balaban J connectivity index is 1.49. The first-order valence-electron chi connectivity index (χ1n) is 6.84. The van der Waals surface area contributed by atoms with E-state index in [1.54, 1.807) is 10.4 Å². The molecule has 1 aromatic heterocycles. The van der Waals surface area contributed by atoms with E-state index in [1.807, 2.05) is 11.3 Å². The zero-order chi connectivity index (χ0) is 11.5. The van der Waals surface area contributed by atoms with E-state index in [2.05, 4.69) is 11.4 Å². The molecule has 1 unspecified atom stereocenters. The molecular formula is C14H21NOS. The fourth-order valence-electron chi connectivity index (χ4n) is 2.80. The quantitative estimate of drug-likeness (QED) is 0.888. The molecule has 94 valence electrons. The van der Waals surface area contributed by atoms with Crippen LogP contribution in [0.1, 0.15) is 41.0 Å². The van der Waals surface area contributed by atoms with Crippen LogP contribution in [0.4, 0.5) is 0 Å². The molecule has 3 rings (SSSR count). The standard InChI is InChI=1S/C14H21NOS/c1-2-6-14-11(4-1)8-13(17-14)10-15-9-12-5-3-7-16-12/h8,12,15H,1-7,9-10H2. The van der Waals surface area contributed by atoms with Crippen LogP contribution in [0.3, 0.4) is 0 Å². The van der Waals surface area contributed by atoms with Crippen LogP contribution in [-0.4, -0.2) is 19.3 Å². The predicted molar refractivity (Wildman–Crippen MR) is 71.6 cm³/mol. The van der Waals surface area contributed by atoms with Crippen LogP contribution in [0.25, 0.3) is 0 Å². The first-order valence-corrected chi connectivity index (χ1v) is 7.66. The molecule has 1 aliphatic carbocycles. The van der Waals surface area contributed by atoms with Crippen molar-refractivity contribution in [2.45, 2.75) is 51.2 Å². The Labute approximate surface area is 107 Å². The van der Waals surface area contributed by atoms with E-state index in [0.717, 1.165) is 19.7 Å². The monoisotopic (exact) mass is 251 g/mol. The Morgan fingerprint density at radius 1 is 1.29 bits per heavy atom. The van der Waals surface area contributed by atoms with Gasteiger partial charge in [-0.1, -0.05) is 0 Å². The third-order valence-corrected chi connectivity index (χ3v) is 4.98. The molecule has 17 heavy (non-hydrogen) atoms. The highest BCUT2D eigenvalue weighted by Gasteiger charge is 2.16. The van der Waals surface area contributed by atoms with E-state index in [-0.39, 0.29) is 0 Å². The van der Waals surface area contributed by atoms with Crippen molar-refractivity contribution in [1.29, 1.82) is 0 Å². The van der Waals surface area contributed by atoms with Gasteiger partial charge in [0.15, 0.2) is 0 Å². The van der Waals surface area contributed by atoms with E-state index in [4.69, 9.17) is 4.74 Å². The van der Waals surface area contributed by atoms with Crippen LogP contribution < -0.4 is 5.32 Å². The Hall–Kier alpha value is -0.380. The number of ether oxygens (including phenoxy) is 1. The SMILES string of the molecule is c1c(CNCC2CCCO2)sc2c1CCCC2. The molecule has 2 nitrogen and oxygen atoms in total. The lowest BCUT2D eigenvalue weighted by atomic mass is 9.99. The van der Waals surface area contributed by atoms with Crippen LogP contribution in [0.2, 0.25) is 0 Å². The maximum atomic E-state index is 5.61. The summed E-state index contributed by atoms with van der Waals surface area (Å²) in [5.41, 5.74) is 1.62. The maximum Gasteiger partial charge on any atom is 0.0700 e. The van der Waals surface area contributed by atoms with Gasteiger partial charge in [0.05, 0.1) is 6.10 Å². The van der Waals surface area contributed by atoms with Crippen molar-refractivity contribution in [3.05, 3.63) is 21.4 Å². The minimum atomic E-state index is 0.463. The molecule has 1 saturated heterocycles. The number of hydrogen-bond donors (Lipinski definition) is 1. The molecule has 2 heterocycles. The summed E-state index contributed by atoms with van der Waals surface area (Å²) in [5.74, 6) is 0. The summed E-state index contributed by atoms with van der Waals surface area (Å²) in [5, 5.41) is 3.54. The number of rotatable bonds is 4. The Morgan fingerprint density at radius 2 is 2.24 bits per heavy atom. The van der Waals surface area contributed by atoms with Crippen LogP contribution in [0.5, 0.6) is 0 Å². The highest BCUT2D eigenvalue weighted by molar-refractivity contribution is 7.12. The van der Waals surface area contributed by atoms with Crippen LogP contribution >= 0.6 is 11.3 Å². The molecule has 1 aliphatic heterocycles. The van der Waals surface area contributed by atoms with Gasteiger partial charge < -0.3 is 10.1 Å². The first-order chi connectivity index (χ1) is 8.42. The van der Waals surface area contributed by atoms with Gasteiger partial charge in [-0.3, -0.25) is 0 Å². The number of hydrogen-bond acceptors (Lipinski definition) is 3. The second-order valence-electron chi connectivity index (χ2n) is 5.13. The van der Waals surface area contributed by atoms with Gasteiger partial charge in [-0.15, -0.1) is 11.3 Å². The summed E-state index contributed by atoms with van der Waals surface area (Å²) in [4.78, 5) is 3.15. The molecular weight excluding hydrogens is 230 g/mol. The Morgan fingerprint density at radius 3 is 3.06 bits per heavy atom.